The second-order valence-electron chi connectivity index (χ2n) is 6.07. The lowest BCUT2D eigenvalue weighted by Gasteiger charge is -2.26. The molecule has 110 valence electrons. The van der Waals surface area contributed by atoms with E-state index in [9.17, 15) is 0 Å². The maximum Gasteiger partial charge on any atom is 0.0346 e. The van der Waals surface area contributed by atoms with E-state index in [2.05, 4.69) is 59.8 Å². The van der Waals surface area contributed by atoms with E-state index in [-0.39, 0.29) is 0 Å². The van der Waals surface area contributed by atoms with Crippen molar-refractivity contribution in [2.24, 2.45) is 0 Å². The number of nitrogens with one attached hydrogen (secondary N) is 1. The van der Waals surface area contributed by atoms with Gasteiger partial charge in [0, 0.05) is 23.8 Å². The minimum absolute atomic E-state index is 0.611. The quantitative estimate of drug-likeness (QED) is 0.771. The van der Waals surface area contributed by atoms with E-state index < -0.39 is 0 Å². The molecule has 22 heavy (non-hydrogen) atoms. The van der Waals surface area contributed by atoms with Gasteiger partial charge in [0.2, 0.25) is 0 Å². The highest BCUT2D eigenvalue weighted by Gasteiger charge is 2.20. The predicted octanol–water partition coefficient (Wildman–Crippen LogP) is 3.98. The highest BCUT2D eigenvalue weighted by molar-refractivity contribution is 5.97. The monoisotopic (exact) mass is 288 g/mol. The molecular weight excluding hydrogens is 268 g/mol. The molecule has 0 radical (unpaired) electrons. The lowest BCUT2D eigenvalue weighted by Crippen LogP contribution is -2.31. The summed E-state index contributed by atoms with van der Waals surface area (Å²) < 4.78 is 0. The molecule has 0 amide bonds. The van der Waals surface area contributed by atoms with Crippen molar-refractivity contribution in [3.63, 3.8) is 0 Å². The second kappa shape index (κ2) is 5.54. The maximum absolute atomic E-state index is 4.25. The molecule has 1 atom stereocenters. The lowest BCUT2D eigenvalue weighted by atomic mass is 9.83. The highest BCUT2D eigenvalue weighted by Crippen LogP contribution is 2.35. The number of aromatic nitrogens is 1. The van der Waals surface area contributed by atoms with Crippen LogP contribution in [0.3, 0.4) is 0 Å². The van der Waals surface area contributed by atoms with Gasteiger partial charge in [-0.1, -0.05) is 36.4 Å². The molecule has 0 aliphatic heterocycles. The minimum atomic E-state index is 0.611. The third kappa shape index (κ3) is 2.20. The van der Waals surface area contributed by atoms with E-state index in [1.54, 1.807) is 0 Å². The van der Waals surface area contributed by atoms with Gasteiger partial charge in [0.1, 0.15) is 0 Å². The smallest absolute Gasteiger partial charge is 0.0346 e. The first kappa shape index (κ1) is 13.5. The molecule has 0 spiro atoms. The molecule has 1 unspecified atom stereocenters. The fourth-order valence-corrected chi connectivity index (χ4v) is 3.66. The predicted molar refractivity (Wildman–Crippen MR) is 92.1 cm³/mol. The average Bonchev–Trinajstić information content (AvgIpc) is 2.60. The van der Waals surface area contributed by atoms with E-state index in [0.717, 1.165) is 12.8 Å². The fraction of sp³-hybridized carbons (Fsp3) is 0.250. The van der Waals surface area contributed by atoms with Gasteiger partial charge in [-0.15, -0.1) is 0 Å². The summed E-state index contributed by atoms with van der Waals surface area (Å²) in [6.07, 6.45) is 7.33. The third-order valence-electron chi connectivity index (χ3n) is 4.86. The Kier molecular flexibility index (Phi) is 3.39. The Bertz CT molecular complexity index is 818. The number of nitrogens with zero attached hydrogens (tertiary/aromatic N) is 1. The maximum atomic E-state index is 4.25. The van der Waals surface area contributed by atoms with Crippen molar-refractivity contribution in [3.8, 4) is 11.1 Å². The Morgan fingerprint density at radius 3 is 2.82 bits per heavy atom. The van der Waals surface area contributed by atoms with E-state index in [1.165, 1.54) is 39.4 Å². The molecule has 0 saturated carbocycles. The second-order valence-corrected chi connectivity index (χ2v) is 6.07. The first-order valence-corrected chi connectivity index (χ1v) is 7.98. The average molecular weight is 288 g/mol. The van der Waals surface area contributed by atoms with Gasteiger partial charge in [-0.05, 0) is 60.0 Å². The summed E-state index contributed by atoms with van der Waals surface area (Å²) in [7, 11) is 2.07. The van der Waals surface area contributed by atoms with Crippen LogP contribution in [0.15, 0.2) is 54.9 Å². The Morgan fingerprint density at radius 1 is 1.05 bits per heavy atom. The number of hydrogen-bond acceptors (Lipinski definition) is 2. The molecule has 2 heteroatoms. The van der Waals surface area contributed by atoms with E-state index in [1.807, 2.05) is 12.4 Å². The zero-order valence-electron chi connectivity index (χ0n) is 12.8. The van der Waals surface area contributed by atoms with Gasteiger partial charge in [-0.25, -0.2) is 0 Å². The topological polar surface area (TPSA) is 24.9 Å². The Hall–Kier alpha value is -2.19. The van der Waals surface area contributed by atoms with Crippen LogP contribution in [0.4, 0.5) is 0 Å². The molecule has 1 heterocycles. The first-order chi connectivity index (χ1) is 10.9. The van der Waals surface area contributed by atoms with Gasteiger partial charge in [0.25, 0.3) is 0 Å². The van der Waals surface area contributed by atoms with Crippen LogP contribution in [-0.4, -0.2) is 18.1 Å². The van der Waals surface area contributed by atoms with Crippen LogP contribution in [0.2, 0.25) is 0 Å². The summed E-state index contributed by atoms with van der Waals surface area (Å²) in [5.74, 6) is 0. The molecule has 0 fully saturated rings. The normalized spacial score (nSPS) is 17.4. The molecule has 1 aliphatic rings. The third-order valence-corrected chi connectivity index (χ3v) is 4.86. The van der Waals surface area contributed by atoms with Gasteiger partial charge in [-0.3, -0.25) is 4.98 Å². The van der Waals surface area contributed by atoms with E-state index in [4.69, 9.17) is 0 Å². The summed E-state index contributed by atoms with van der Waals surface area (Å²) >= 11 is 0. The van der Waals surface area contributed by atoms with Crippen molar-refractivity contribution in [1.82, 2.24) is 10.3 Å². The first-order valence-electron chi connectivity index (χ1n) is 7.98. The van der Waals surface area contributed by atoms with Crippen molar-refractivity contribution in [2.75, 3.05) is 7.05 Å². The number of fused-ring (bicyclic) bond motifs is 2. The van der Waals surface area contributed by atoms with Crippen LogP contribution in [0.25, 0.3) is 21.9 Å². The molecule has 3 aromatic rings. The van der Waals surface area contributed by atoms with Crippen molar-refractivity contribution in [1.29, 1.82) is 0 Å². The molecule has 2 nitrogen and oxygen atoms in total. The Morgan fingerprint density at radius 2 is 1.91 bits per heavy atom. The molecule has 0 saturated heterocycles. The van der Waals surface area contributed by atoms with Crippen LogP contribution >= 0.6 is 0 Å². The standard InChI is InChI=1S/C20H20N2/c1-21-16-8-9-17-14(12-16)4-2-6-19(17)20-7-3-5-15-13-22-11-10-18(15)20/h2-7,10-11,13,16,21H,8-9,12H2,1H3. The number of hydrogen-bond donors (Lipinski definition) is 1. The van der Waals surface area contributed by atoms with Crippen LogP contribution in [0.1, 0.15) is 17.5 Å². The van der Waals surface area contributed by atoms with Gasteiger partial charge >= 0.3 is 0 Å². The van der Waals surface area contributed by atoms with E-state index in [0.29, 0.717) is 6.04 Å². The van der Waals surface area contributed by atoms with Gasteiger partial charge < -0.3 is 5.32 Å². The fourth-order valence-electron chi connectivity index (χ4n) is 3.66. The van der Waals surface area contributed by atoms with Crippen LogP contribution in [-0.2, 0) is 12.8 Å². The van der Waals surface area contributed by atoms with Gasteiger partial charge in [0.05, 0.1) is 0 Å². The Balaban J connectivity index is 1.90. The molecular formula is C20H20N2. The largest absolute Gasteiger partial charge is 0.317 e. The van der Waals surface area contributed by atoms with Gasteiger partial charge in [0.15, 0.2) is 0 Å². The van der Waals surface area contributed by atoms with Crippen LogP contribution < -0.4 is 5.32 Å². The van der Waals surface area contributed by atoms with Crippen LogP contribution in [0.5, 0.6) is 0 Å². The zero-order chi connectivity index (χ0) is 14.9. The molecule has 1 aliphatic carbocycles. The van der Waals surface area contributed by atoms with Crippen molar-refractivity contribution < 1.29 is 0 Å². The number of rotatable bonds is 2. The number of likely N-dealkylation sites (N-methyl/N-ethyl adjacent to an activating group) is 1. The summed E-state index contributed by atoms with van der Waals surface area (Å²) in [5.41, 5.74) is 5.75. The summed E-state index contributed by atoms with van der Waals surface area (Å²) in [6, 6.07) is 16.0. The van der Waals surface area contributed by atoms with Gasteiger partial charge in [-0.2, -0.15) is 0 Å². The van der Waals surface area contributed by atoms with Crippen LogP contribution in [0, 0.1) is 0 Å². The summed E-state index contributed by atoms with van der Waals surface area (Å²) in [5, 5.41) is 5.93. The summed E-state index contributed by atoms with van der Waals surface area (Å²) in [6.45, 7) is 0. The molecule has 1 aromatic heterocycles. The Labute approximate surface area is 131 Å². The highest BCUT2D eigenvalue weighted by atomic mass is 14.9. The minimum Gasteiger partial charge on any atom is -0.317 e. The molecule has 4 rings (SSSR count). The molecule has 1 N–H and O–H groups in total. The van der Waals surface area contributed by atoms with E-state index >= 15 is 0 Å². The van der Waals surface area contributed by atoms with Crippen molar-refractivity contribution >= 4 is 10.8 Å². The SMILES string of the molecule is CNC1CCc2c(cccc2-c2cccc3cnccc23)C1. The lowest BCUT2D eigenvalue weighted by molar-refractivity contribution is 0.497. The zero-order valence-corrected chi connectivity index (χ0v) is 12.8. The number of benzene rings is 2. The molecule has 2 aromatic carbocycles. The number of pyridine rings is 1. The molecule has 0 bridgehead atoms. The van der Waals surface area contributed by atoms with Crippen molar-refractivity contribution in [3.05, 3.63) is 66.0 Å². The van der Waals surface area contributed by atoms with Crippen molar-refractivity contribution in [2.45, 2.75) is 25.3 Å². The summed E-state index contributed by atoms with van der Waals surface area (Å²) in [4.78, 5) is 4.25.